The van der Waals surface area contributed by atoms with Gasteiger partial charge < -0.3 is 19.5 Å². The highest BCUT2D eigenvalue weighted by Gasteiger charge is 2.23. The maximum Gasteiger partial charge on any atom is 0.406 e. The van der Waals surface area contributed by atoms with E-state index in [9.17, 15) is 9.59 Å². The number of rotatable bonds is 12. The summed E-state index contributed by atoms with van der Waals surface area (Å²) in [4.78, 5) is 21.7. The molecule has 0 aromatic heterocycles. The molecule has 0 heterocycles. The van der Waals surface area contributed by atoms with Crippen LogP contribution in [-0.2, 0) is 19.0 Å². The van der Waals surface area contributed by atoms with Crippen LogP contribution in [0, 0.1) is 0 Å². The third kappa shape index (κ3) is 18.2. The predicted molar refractivity (Wildman–Crippen MR) is 112 cm³/mol. The van der Waals surface area contributed by atoms with Crippen LogP contribution in [0.25, 0.3) is 0 Å². The lowest BCUT2D eigenvalue weighted by Crippen LogP contribution is -2.33. The fraction of sp³-hybridized carbons (Fsp3) is 0.889. The average molecular weight is 412 g/mol. The molecule has 6 nitrogen and oxygen atoms in total. The first-order valence-electron chi connectivity index (χ1n) is 8.98. The molecule has 0 aliphatic carbocycles. The Bertz CT molecular complexity index is 390. The Hall–Kier alpha value is -0.600. The fourth-order valence-electron chi connectivity index (χ4n) is 1.65. The molecule has 1 amide bonds. The van der Waals surface area contributed by atoms with Gasteiger partial charge in [-0.1, -0.05) is 35.4 Å². The van der Waals surface area contributed by atoms with Crippen molar-refractivity contribution in [1.29, 1.82) is 0 Å². The second kappa shape index (κ2) is 15.5. The summed E-state index contributed by atoms with van der Waals surface area (Å²) in [5, 5.41) is 2.66. The van der Waals surface area contributed by atoms with Gasteiger partial charge in [-0.05, 0) is 40.5 Å². The standard InChI is InChI=1S/C16H31NO5S2.C2H6/c1-13(18)21-11-12-23-24-16(4,5)8-10-22-15(2,3)7-9-17-14(19)20-6;1-2/h7-12H2,1-6H3,(H,17,19);1-2H3. The number of amides is 1. The molecule has 26 heavy (non-hydrogen) atoms. The lowest BCUT2D eigenvalue weighted by atomic mass is 10.0. The molecule has 0 aromatic rings. The van der Waals surface area contributed by atoms with Crippen LogP contribution in [0.2, 0.25) is 0 Å². The number of hydrogen-bond acceptors (Lipinski definition) is 7. The second-order valence-electron chi connectivity index (χ2n) is 6.53. The van der Waals surface area contributed by atoms with Gasteiger partial charge in [0.1, 0.15) is 6.61 Å². The number of carbonyl (C=O) groups is 2. The first kappa shape index (κ1) is 27.6. The molecule has 0 atom stereocenters. The largest absolute Gasteiger partial charge is 0.465 e. The van der Waals surface area contributed by atoms with Crippen molar-refractivity contribution in [3.8, 4) is 0 Å². The number of alkyl carbamates (subject to hydrolysis) is 1. The van der Waals surface area contributed by atoms with Gasteiger partial charge in [0.05, 0.1) is 12.7 Å². The first-order valence-corrected chi connectivity index (χ1v) is 11.3. The third-order valence-electron chi connectivity index (χ3n) is 3.14. The number of carbonyl (C=O) groups excluding carboxylic acids is 2. The van der Waals surface area contributed by atoms with Gasteiger partial charge in [0.2, 0.25) is 0 Å². The number of methoxy groups -OCH3 is 1. The summed E-state index contributed by atoms with van der Waals surface area (Å²) in [6.07, 6.45) is 1.20. The third-order valence-corrected chi connectivity index (χ3v) is 6.45. The van der Waals surface area contributed by atoms with Crippen LogP contribution < -0.4 is 5.32 Å². The van der Waals surface area contributed by atoms with Crippen LogP contribution >= 0.6 is 21.6 Å². The van der Waals surface area contributed by atoms with Crippen molar-refractivity contribution in [2.75, 3.05) is 32.6 Å². The van der Waals surface area contributed by atoms with E-state index >= 15 is 0 Å². The van der Waals surface area contributed by atoms with E-state index in [0.29, 0.717) is 26.2 Å². The fourth-order valence-corrected chi connectivity index (χ4v) is 4.03. The zero-order chi connectivity index (χ0) is 20.6. The zero-order valence-corrected chi connectivity index (χ0v) is 19.2. The van der Waals surface area contributed by atoms with E-state index in [2.05, 4.69) is 23.9 Å². The number of hydrogen-bond donors (Lipinski definition) is 1. The Kier molecular flexibility index (Phi) is 16.4. The van der Waals surface area contributed by atoms with Crippen LogP contribution in [0.5, 0.6) is 0 Å². The van der Waals surface area contributed by atoms with Crippen LogP contribution in [-0.4, -0.2) is 55.0 Å². The molecule has 0 saturated carbocycles. The van der Waals surface area contributed by atoms with Crippen molar-refractivity contribution < 1.29 is 23.8 Å². The lowest BCUT2D eigenvalue weighted by molar-refractivity contribution is -0.140. The van der Waals surface area contributed by atoms with E-state index in [-0.39, 0.29) is 16.3 Å². The highest BCUT2D eigenvalue weighted by Crippen LogP contribution is 2.38. The maximum absolute atomic E-state index is 11.0. The van der Waals surface area contributed by atoms with E-state index in [1.807, 2.05) is 27.7 Å². The molecule has 0 unspecified atom stereocenters. The normalized spacial score (nSPS) is 11.2. The number of esters is 1. The van der Waals surface area contributed by atoms with E-state index in [0.717, 1.165) is 12.2 Å². The van der Waals surface area contributed by atoms with Crippen LogP contribution in [0.1, 0.15) is 61.3 Å². The Labute approximate surface area is 167 Å². The Morgan fingerprint density at radius 3 is 2.19 bits per heavy atom. The van der Waals surface area contributed by atoms with Gasteiger partial charge in [-0.25, -0.2) is 4.79 Å². The molecule has 0 fully saturated rings. The second-order valence-corrected chi connectivity index (χ2v) is 9.65. The van der Waals surface area contributed by atoms with Crippen LogP contribution in [0.15, 0.2) is 0 Å². The molecule has 0 bridgehead atoms. The molecule has 0 aliphatic rings. The van der Waals surface area contributed by atoms with Gasteiger partial charge in [-0.15, -0.1) is 0 Å². The molecule has 156 valence electrons. The summed E-state index contributed by atoms with van der Waals surface area (Å²) in [6.45, 7) is 15.4. The molecule has 0 aromatic carbocycles. The zero-order valence-electron chi connectivity index (χ0n) is 17.6. The van der Waals surface area contributed by atoms with Crippen LogP contribution in [0.3, 0.4) is 0 Å². The maximum atomic E-state index is 11.0. The van der Waals surface area contributed by atoms with Crippen molar-refractivity contribution in [2.45, 2.75) is 71.7 Å². The molecule has 0 spiro atoms. The monoisotopic (exact) mass is 411 g/mol. The van der Waals surface area contributed by atoms with Gasteiger partial charge in [-0.2, -0.15) is 0 Å². The van der Waals surface area contributed by atoms with Gasteiger partial charge in [0, 0.05) is 30.6 Å². The summed E-state index contributed by atoms with van der Waals surface area (Å²) in [6, 6.07) is 0. The minimum absolute atomic E-state index is 0.0707. The smallest absolute Gasteiger partial charge is 0.406 e. The molecular weight excluding hydrogens is 374 g/mol. The van der Waals surface area contributed by atoms with Crippen molar-refractivity contribution in [2.24, 2.45) is 0 Å². The van der Waals surface area contributed by atoms with E-state index < -0.39 is 6.09 Å². The average Bonchev–Trinajstić information content (AvgIpc) is 2.55. The van der Waals surface area contributed by atoms with Crippen molar-refractivity contribution in [3.63, 3.8) is 0 Å². The van der Waals surface area contributed by atoms with E-state index in [4.69, 9.17) is 9.47 Å². The van der Waals surface area contributed by atoms with Gasteiger partial charge >= 0.3 is 12.1 Å². The van der Waals surface area contributed by atoms with E-state index in [1.165, 1.54) is 14.0 Å². The van der Waals surface area contributed by atoms with E-state index in [1.54, 1.807) is 21.6 Å². The molecular formula is C18H37NO5S2. The summed E-state index contributed by atoms with van der Waals surface area (Å²) in [5.41, 5.74) is -0.301. The van der Waals surface area contributed by atoms with Crippen LogP contribution in [0.4, 0.5) is 4.79 Å². The SMILES string of the molecule is CC.COC(=O)NCCC(C)(C)OCCC(C)(C)SSCCOC(C)=O. The quantitative estimate of drug-likeness (QED) is 0.284. The number of nitrogens with one attached hydrogen (secondary N) is 1. The topological polar surface area (TPSA) is 73.9 Å². The minimum Gasteiger partial charge on any atom is -0.465 e. The number of ether oxygens (including phenoxy) is 3. The summed E-state index contributed by atoms with van der Waals surface area (Å²) >= 11 is 0. The van der Waals surface area contributed by atoms with Gasteiger partial charge in [0.25, 0.3) is 0 Å². The van der Waals surface area contributed by atoms with Crippen molar-refractivity contribution in [1.82, 2.24) is 5.32 Å². The summed E-state index contributed by atoms with van der Waals surface area (Å²) in [7, 11) is 4.83. The first-order chi connectivity index (χ1) is 12.1. The summed E-state index contributed by atoms with van der Waals surface area (Å²) in [5.74, 6) is 0.538. The lowest BCUT2D eigenvalue weighted by Gasteiger charge is -2.29. The Morgan fingerprint density at radius 2 is 1.65 bits per heavy atom. The Morgan fingerprint density at radius 1 is 1.04 bits per heavy atom. The van der Waals surface area contributed by atoms with Crippen molar-refractivity contribution in [3.05, 3.63) is 0 Å². The molecule has 0 rings (SSSR count). The predicted octanol–water partition coefficient (Wildman–Crippen LogP) is 4.67. The molecule has 0 radical (unpaired) electrons. The minimum atomic E-state index is -0.422. The molecule has 1 N–H and O–H groups in total. The highest BCUT2D eigenvalue weighted by atomic mass is 33.1. The molecule has 0 saturated heterocycles. The Balaban J connectivity index is 0. The molecule has 8 heteroatoms. The van der Waals surface area contributed by atoms with Crippen molar-refractivity contribution >= 4 is 33.7 Å². The van der Waals surface area contributed by atoms with Gasteiger partial charge in [0.15, 0.2) is 0 Å². The highest BCUT2D eigenvalue weighted by molar-refractivity contribution is 8.77. The molecule has 0 aliphatic heterocycles. The summed E-state index contributed by atoms with van der Waals surface area (Å²) < 4.78 is 15.5. The van der Waals surface area contributed by atoms with Gasteiger partial charge in [-0.3, -0.25) is 4.79 Å².